The highest BCUT2D eigenvalue weighted by molar-refractivity contribution is 7.98. The maximum Gasteiger partial charge on any atom is 0.270 e. The number of rotatable bonds is 10. The highest BCUT2D eigenvalue weighted by Gasteiger charge is 2.20. The second-order valence-electron chi connectivity index (χ2n) is 7.80. The van der Waals surface area contributed by atoms with E-state index in [1.807, 2.05) is 59.2 Å². The van der Waals surface area contributed by atoms with Crippen LogP contribution in [0.2, 0.25) is 0 Å². The van der Waals surface area contributed by atoms with Crippen LogP contribution in [0.15, 0.2) is 83.7 Å². The quantitative estimate of drug-likeness (QED) is 0.264. The summed E-state index contributed by atoms with van der Waals surface area (Å²) in [6.07, 6.45) is 5.88. The molecule has 0 saturated carbocycles. The van der Waals surface area contributed by atoms with Crippen LogP contribution in [0, 0.1) is 0 Å². The molecule has 0 radical (unpaired) electrons. The predicted octanol–water partition coefficient (Wildman–Crippen LogP) is 4.45. The highest BCUT2D eigenvalue weighted by Crippen LogP contribution is 2.33. The molecule has 0 unspecified atom stereocenters. The van der Waals surface area contributed by atoms with Crippen molar-refractivity contribution in [3.8, 4) is 22.8 Å². The number of aromatic nitrogens is 6. The third-order valence-electron chi connectivity index (χ3n) is 5.38. The number of thioether (sulfide) groups is 1. The Hall–Kier alpha value is -4.09. The monoisotopic (exact) mass is 529 g/mol. The number of pyridine rings is 2. The van der Waals surface area contributed by atoms with Crippen LogP contribution in [-0.4, -0.2) is 49.3 Å². The Balaban J connectivity index is 1.30. The topological polar surface area (TPSA) is 108 Å². The van der Waals surface area contributed by atoms with Crippen LogP contribution in [0.5, 0.6) is 5.75 Å². The van der Waals surface area contributed by atoms with Gasteiger partial charge in [0.15, 0.2) is 11.0 Å². The molecular formula is C26H23N7O2S2. The summed E-state index contributed by atoms with van der Waals surface area (Å²) in [5.41, 5.74) is 3.00. The van der Waals surface area contributed by atoms with Crippen LogP contribution in [0.3, 0.4) is 0 Å². The summed E-state index contributed by atoms with van der Waals surface area (Å²) in [5, 5.41) is 15.1. The summed E-state index contributed by atoms with van der Waals surface area (Å²) in [5.74, 6) is 1.70. The Labute approximate surface area is 222 Å². The summed E-state index contributed by atoms with van der Waals surface area (Å²) in [7, 11) is 1.64. The van der Waals surface area contributed by atoms with Crippen molar-refractivity contribution in [3.63, 3.8) is 0 Å². The van der Waals surface area contributed by atoms with E-state index in [1.165, 1.54) is 23.1 Å². The maximum absolute atomic E-state index is 12.6. The summed E-state index contributed by atoms with van der Waals surface area (Å²) in [6, 6.07) is 17.3. The Morgan fingerprint density at radius 3 is 2.78 bits per heavy atom. The van der Waals surface area contributed by atoms with Crippen molar-refractivity contribution >= 4 is 29.0 Å². The third kappa shape index (κ3) is 5.84. The van der Waals surface area contributed by atoms with Crippen molar-refractivity contribution in [2.24, 2.45) is 0 Å². The number of benzene rings is 1. The molecule has 186 valence electrons. The lowest BCUT2D eigenvalue weighted by Gasteiger charge is -2.13. The van der Waals surface area contributed by atoms with Crippen molar-refractivity contribution in [2.75, 3.05) is 13.7 Å². The first-order valence-electron chi connectivity index (χ1n) is 11.5. The predicted molar refractivity (Wildman–Crippen MR) is 143 cm³/mol. The minimum atomic E-state index is -0.195. The fraction of sp³-hybridized carbons (Fsp3) is 0.154. The van der Waals surface area contributed by atoms with Crippen LogP contribution in [0.1, 0.15) is 21.2 Å². The normalized spacial score (nSPS) is 10.8. The number of para-hydroxylation sites is 2. The van der Waals surface area contributed by atoms with E-state index in [1.54, 1.807) is 31.1 Å². The zero-order valence-corrected chi connectivity index (χ0v) is 21.6. The minimum Gasteiger partial charge on any atom is -0.495 e. The molecule has 0 aliphatic heterocycles. The van der Waals surface area contributed by atoms with E-state index >= 15 is 0 Å². The number of ether oxygens (including phenoxy) is 1. The molecule has 5 rings (SSSR count). The number of nitrogens with zero attached hydrogens (tertiary/aromatic N) is 6. The molecule has 1 N–H and O–H groups in total. The van der Waals surface area contributed by atoms with Gasteiger partial charge in [0, 0.05) is 48.2 Å². The van der Waals surface area contributed by atoms with Crippen molar-refractivity contribution in [1.29, 1.82) is 0 Å². The number of hydrogen-bond acceptors (Lipinski definition) is 9. The van der Waals surface area contributed by atoms with Gasteiger partial charge >= 0.3 is 0 Å². The smallest absolute Gasteiger partial charge is 0.270 e. The molecular weight excluding hydrogens is 506 g/mol. The number of amides is 1. The van der Waals surface area contributed by atoms with Gasteiger partial charge in [0.1, 0.15) is 16.5 Å². The van der Waals surface area contributed by atoms with Crippen molar-refractivity contribution < 1.29 is 9.53 Å². The number of carbonyl (C=O) groups is 1. The Kier molecular flexibility index (Phi) is 7.82. The molecule has 37 heavy (non-hydrogen) atoms. The third-order valence-corrected chi connectivity index (χ3v) is 7.35. The van der Waals surface area contributed by atoms with Crippen LogP contribution >= 0.6 is 23.1 Å². The number of thiazole rings is 1. The van der Waals surface area contributed by atoms with E-state index < -0.39 is 0 Å². The average molecular weight is 530 g/mol. The van der Waals surface area contributed by atoms with Gasteiger partial charge < -0.3 is 10.1 Å². The molecule has 0 aliphatic rings. The van der Waals surface area contributed by atoms with Gasteiger partial charge in [-0.15, -0.1) is 21.5 Å². The van der Waals surface area contributed by atoms with Gasteiger partial charge in [0.25, 0.3) is 5.91 Å². The zero-order chi connectivity index (χ0) is 25.5. The molecule has 4 aromatic heterocycles. The fourth-order valence-electron chi connectivity index (χ4n) is 3.63. The second-order valence-corrected chi connectivity index (χ2v) is 9.68. The average Bonchev–Trinajstić information content (AvgIpc) is 3.60. The van der Waals surface area contributed by atoms with Gasteiger partial charge in [-0.3, -0.25) is 19.3 Å². The van der Waals surface area contributed by atoms with Gasteiger partial charge in [0.05, 0.1) is 18.6 Å². The molecule has 0 saturated heterocycles. The first-order chi connectivity index (χ1) is 18.2. The van der Waals surface area contributed by atoms with E-state index in [0.717, 1.165) is 22.0 Å². The van der Waals surface area contributed by atoms with Crippen LogP contribution in [-0.2, 0) is 12.2 Å². The van der Waals surface area contributed by atoms with E-state index in [4.69, 9.17) is 4.74 Å². The summed E-state index contributed by atoms with van der Waals surface area (Å²) in [6.45, 7) is 0.497. The lowest BCUT2D eigenvalue weighted by molar-refractivity contribution is 0.0949. The molecule has 0 bridgehead atoms. The first kappa shape index (κ1) is 24.6. The minimum absolute atomic E-state index is 0.195. The zero-order valence-electron chi connectivity index (χ0n) is 19.9. The maximum atomic E-state index is 12.6. The van der Waals surface area contributed by atoms with Crippen LogP contribution in [0.25, 0.3) is 17.1 Å². The van der Waals surface area contributed by atoms with Gasteiger partial charge in [-0.25, -0.2) is 4.98 Å². The Morgan fingerprint density at radius 1 is 1.08 bits per heavy atom. The fourth-order valence-corrected chi connectivity index (χ4v) is 5.36. The number of methoxy groups -OCH3 is 1. The molecule has 1 amide bonds. The van der Waals surface area contributed by atoms with Crippen molar-refractivity contribution in [2.45, 2.75) is 17.3 Å². The Bertz CT molecular complexity index is 1470. The summed E-state index contributed by atoms with van der Waals surface area (Å²) in [4.78, 5) is 25.6. The lowest BCUT2D eigenvalue weighted by atomic mass is 10.2. The van der Waals surface area contributed by atoms with Crippen LogP contribution in [0.4, 0.5) is 0 Å². The SMILES string of the molecule is COc1ccccc1-n1c(SCc2nc(C(=O)NCCc3ccccn3)cs2)nnc1-c1cccnc1. The van der Waals surface area contributed by atoms with E-state index in [9.17, 15) is 4.79 Å². The van der Waals surface area contributed by atoms with Crippen LogP contribution < -0.4 is 10.1 Å². The van der Waals surface area contributed by atoms with Gasteiger partial charge in [-0.1, -0.05) is 30.0 Å². The van der Waals surface area contributed by atoms with Gasteiger partial charge in [-0.2, -0.15) is 0 Å². The number of nitrogens with one attached hydrogen (secondary N) is 1. The first-order valence-corrected chi connectivity index (χ1v) is 13.3. The van der Waals surface area contributed by atoms with Crippen molar-refractivity contribution in [1.82, 2.24) is 35.0 Å². The molecule has 0 aliphatic carbocycles. The van der Waals surface area contributed by atoms with Crippen molar-refractivity contribution in [3.05, 3.63) is 95.0 Å². The summed E-state index contributed by atoms with van der Waals surface area (Å²) < 4.78 is 7.57. The van der Waals surface area contributed by atoms with E-state index in [0.29, 0.717) is 41.1 Å². The van der Waals surface area contributed by atoms with Gasteiger partial charge in [0.2, 0.25) is 0 Å². The Morgan fingerprint density at radius 2 is 1.97 bits per heavy atom. The standard InChI is InChI=1S/C26H23N7O2S2/c1-35-22-10-3-2-9-21(22)33-24(18-7-6-12-27-15-18)31-32-26(33)37-17-23-30-20(16-36-23)25(34)29-14-11-19-8-4-5-13-28-19/h2-10,12-13,15-16H,11,14,17H2,1H3,(H,29,34). The number of hydrogen-bond donors (Lipinski definition) is 1. The van der Waals surface area contributed by atoms with Gasteiger partial charge in [-0.05, 0) is 36.4 Å². The van der Waals surface area contributed by atoms with E-state index in [-0.39, 0.29) is 5.91 Å². The molecule has 9 nitrogen and oxygen atoms in total. The molecule has 0 atom stereocenters. The molecule has 1 aromatic carbocycles. The molecule has 0 spiro atoms. The second kappa shape index (κ2) is 11.8. The summed E-state index contributed by atoms with van der Waals surface area (Å²) >= 11 is 2.93. The lowest BCUT2D eigenvalue weighted by Crippen LogP contribution is -2.26. The molecule has 5 aromatic rings. The highest BCUT2D eigenvalue weighted by atomic mass is 32.2. The molecule has 0 fully saturated rings. The van der Waals surface area contributed by atoms with E-state index in [2.05, 4.69) is 30.5 Å². The largest absolute Gasteiger partial charge is 0.495 e. The molecule has 11 heteroatoms. The number of carbonyl (C=O) groups excluding carboxylic acids is 1. The molecule has 4 heterocycles.